The number of ether oxygens (including phenoxy) is 1. The van der Waals surface area contributed by atoms with Crippen LogP contribution in [0.25, 0.3) is 5.00 Å². The average Bonchev–Trinajstić information content (AvgIpc) is 3.37. The SMILES string of the molecule is CCOC(=O)c1c(-n2c(C)cc(/C=N/NC(=O)C(O)(c3ccccc3)c3ccccc3)c2C)sc(C)c1C. The molecule has 2 heterocycles. The number of benzene rings is 2. The van der Waals surface area contributed by atoms with Gasteiger partial charge >= 0.3 is 5.97 Å². The number of aromatic nitrogens is 1. The first-order chi connectivity index (χ1) is 18.2. The van der Waals surface area contributed by atoms with E-state index in [1.807, 2.05) is 50.5 Å². The summed E-state index contributed by atoms with van der Waals surface area (Å²) in [7, 11) is 0. The minimum Gasteiger partial charge on any atom is -0.462 e. The van der Waals surface area contributed by atoms with Crippen LogP contribution in [0.5, 0.6) is 0 Å². The molecule has 8 heteroatoms. The largest absolute Gasteiger partial charge is 0.462 e. The second-order valence-electron chi connectivity index (χ2n) is 8.99. The Morgan fingerprint density at radius 3 is 2.16 bits per heavy atom. The van der Waals surface area contributed by atoms with E-state index in [2.05, 4.69) is 10.5 Å². The van der Waals surface area contributed by atoms with Crippen molar-refractivity contribution >= 4 is 29.4 Å². The topological polar surface area (TPSA) is 92.9 Å². The number of nitrogens with one attached hydrogen (secondary N) is 1. The zero-order chi connectivity index (χ0) is 27.4. The van der Waals surface area contributed by atoms with Crippen molar-refractivity contribution in [2.24, 2.45) is 5.10 Å². The number of amides is 1. The van der Waals surface area contributed by atoms with Crippen molar-refractivity contribution < 1.29 is 19.4 Å². The van der Waals surface area contributed by atoms with Crippen LogP contribution in [0.1, 0.15) is 55.8 Å². The van der Waals surface area contributed by atoms with Gasteiger partial charge in [-0.05, 0) is 57.4 Å². The van der Waals surface area contributed by atoms with Crippen LogP contribution < -0.4 is 5.43 Å². The van der Waals surface area contributed by atoms with Gasteiger partial charge in [0.25, 0.3) is 5.91 Å². The van der Waals surface area contributed by atoms with E-state index in [0.29, 0.717) is 23.3 Å². The van der Waals surface area contributed by atoms with E-state index in [-0.39, 0.29) is 5.97 Å². The summed E-state index contributed by atoms with van der Waals surface area (Å²) in [6.07, 6.45) is 1.55. The standard InChI is InChI=1S/C30H31N3O4S/c1-6-37-28(34)26-20(3)22(5)38-27(26)33-19(2)17-23(21(33)4)18-31-32-29(35)30(36,24-13-9-7-10-14-24)25-15-11-8-12-16-25/h7-18,36H,6H2,1-5H3,(H,32,35)/b31-18+. The molecule has 0 spiro atoms. The van der Waals surface area contributed by atoms with Gasteiger partial charge in [0.05, 0.1) is 18.4 Å². The number of carbonyl (C=O) groups is 2. The number of esters is 1. The van der Waals surface area contributed by atoms with Crippen LogP contribution in [0.3, 0.4) is 0 Å². The minimum atomic E-state index is -1.92. The molecule has 4 rings (SSSR count). The molecule has 0 bridgehead atoms. The third-order valence-electron chi connectivity index (χ3n) is 6.60. The predicted octanol–water partition coefficient (Wildman–Crippen LogP) is 5.34. The van der Waals surface area contributed by atoms with E-state index in [1.54, 1.807) is 61.7 Å². The van der Waals surface area contributed by atoms with Gasteiger partial charge < -0.3 is 14.4 Å². The maximum atomic E-state index is 13.3. The third-order valence-corrected chi connectivity index (χ3v) is 7.79. The lowest BCUT2D eigenvalue weighted by Gasteiger charge is -2.27. The summed E-state index contributed by atoms with van der Waals surface area (Å²) in [4.78, 5) is 27.1. The number of hydrogen-bond donors (Lipinski definition) is 2. The fourth-order valence-electron chi connectivity index (χ4n) is 4.47. The van der Waals surface area contributed by atoms with E-state index < -0.39 is 11.5 Å². The summed E-state index contributed by atoms with van der Waals surface area (Å²) in [6.45, 7) is 9.88. The summed E-state index contributed by atoms with van der Waals surface area (Å²) in [5.41, 5.74) is 5.47. The molecular weight excluding hydrogens is 498 g/mol. The van der Waals surface area contributed by atoms with Crippen molar-refractivity contribution in [1.82, 2.24) is 9.99 Å². The summed E-state index contributed by atoms with van der Waals surface area (Å²) in [5, 5.41) is 16.6. The normalized spacial score (nSPS) is 11.6. The zero-order valence-electron chi connectivity index (χ0n) is 22.1. The van der Waals surface area contributed by atoms with Crippen LogP contribution in [-0.2, 0) is 15.1 Å². The van der Waals surface area contributed by atoms with Gasteiger partial charge in [-0.25, -0.2) is 10.2 Å². The monoisotopic (exact) mass is 529 g/mol. The molecular formula is C30H31N3O4S. The van der Waals surface area contributed by atoms with Crippen LogP contribution in [-0.4, -0.2) is 34.4 Å². The summed E-state index contributed by atoms with van der Waals surface area (Å²) >= 11 is 1.53. The number of hydrogen-bond acceptors (Lipinski definition) is 6. The highest BCUT2D eigenvalue weighted by Crippen LogP contribution is 2.34. The van der Waals surface area contributed by atoms with Crippen LogP contribution in [0.15, 0.2) is 71.8 Å². The molecule has 1 amide bonds. The first-order valence-electron chi connectivity index (χ1n) is 12.3. The van der Waals surface area contributed by atoms with Crippen molar-refractivity contribution in [3.05, 3.63) is 111 Å². The Morgan fingerprint density at radius 2 is 1.61 bits per heavy atom. The maximum Gasteiger partial charge on any atom is 0.341 e. The van der Waals surface area contributed by atoms with E-state index in [9.17, 15) is 14.7 Å². The Kier molecular flexibility index (Phi) is 7.94. The Labute approximate surface area is 226 Å². The first kappa shape index (κ1) is 27.0. The van der Waals surface area contributed by atoms with Gasteiger partial charge in [-0.3, -0.25) is 4.79 Å². The molecule has 38 heavy (non-hydrogen) atoms. The van der Waals surface area contributed by atoms with Crippen LogP contribution >= 0.6 is 11.3 Å². The van der Waals surface area contributed by atoms with Gasteiger partial charge in [-0.15, -0.1) is 11.3 Å². The summed E-state index contributed by atoms with van der Waals surface area (Å²) in [5.74, 6) is -1.02. The number of carbonyl (C=O) groups excluding carboxylic acids is 2. The van der Waals surface area contributed by atoms with Gasteiger partial charge in [0.15, 0.2) is 5.60 Å². The molecule has 2 aromatic heterocycles. The van der Waals surface area contributed by atoms with Crippen molar-refractivity contribution in [3.8, 4) is 5.00 Å². The summed E-state index contributed by atoms with van der Waals surface area (Å²) in [6, 6.07) is 19.5. The number of thiophene rings is 1. The Balaban J connectivity index is 1.65. The van der Waals surface area contributed by atoms with Crippen molar-refractivity contribution in [1.29, 1.82) is 0 Å². The molecule has 0 saturated heterocycles. The van der Waals surface area contributed by atoms with Crippen LogP contribution in [0.4, 0.5) is 0 Å². The molecule has 0 unspecified atom stereocenters. The lowest BCUT2D eigenvalue weighted by Crippen LogP contribution is -2.43. The molecule has 0 radical (unpaired) electrons. The van der Waals surface area contributed by atoms with Crippen molar-refractivity contribution in [3.63, 3.8) is 0 Å². The van der Waals surface area contributed by atoms with Gasteiger partial charge in [0.1, 0.15) is 5.00 Å². The molecule has 0 aliphatic heterocycles. The predicted molar refractivity (Wildman–Crippen MR) is 150 cm³/mol. The highest BCUT2D eigenvalue weighted by Gasteiger charge is 2.39. The fraction of sp³-hybridized carbons (Fsp3) is 0.233. The smallest absolute Gasteiger partial charge is 0.341 e. The quantitative estimate of drug-likeness (QED) is 0.183. The maximum absolute atomic E-state index is 13.3. The number of aryl methyl sites for hydroxylation is 2. The average molecular weight is 530 g/mol. The summed E-state index contributed by atoms with van der Waals surface area (Å²) < 4.78 is 7.33. The van der Waals surface area contributed by atoms with E-state index in [1.165, 1.54) is 11.3 Å². The van der Waals surface area contributed by atoms with Crippen molar-refractivity contribution in [2.45, 2.75) is 40.2 Å². The second kappa shape index (κ2) is 11.2. The number of nitrogens with zero attached hydrogens (tertiary/aromatic N) is 2. The molecule has 2 aromatic carbocycles. The molecule has 0 fully saturated rings. The Morgan fingerprint density at radius 1 is 1.03 bits per heavy atom. The molecule has 0 atom stereocenters. The van der Waals surface area contributed by atoms with Gasteiger partial charge in [0.2, 0.25) is 0 Å². The van der Waals surface area contributed by atoms with Crippen LogP contribution in [0.2, 0.25) is 0 Å². The molecule has 2 N–H and O–H groups in total. The van der Waals surface area contributed by atoms with Gasteiger partial charge in [0, 0.05) is 21.8 Å². The van der Waals surface area contributed by atoms with Gasteiger partial charge in [-0.1, -0.05) is 60.7 Å². The molecule has 0 aliphatic carbocycles. The molecule has 196 valence electrons. The fourth-order valence-corrected chi connectivity index (χ4v) is 5.73. The van der Waals surface area contributed by atoms with E-state index in [0.717, 1.165) is 32.4 Å². The minimum absolute atomic E-state index is 0.298. The highest BCUT2D eigenvalue weighted by atomic mass is 32.1. The molecule has 4 aromatic rings. The third kappa shape index (κ3) is 4.92. The molecule has 0 aliphatic rings. The lowest BCUT2D eigenvalue weighted by molar-refractivity contribution is -0.136. The van der Waals surface area contributed by atoms with E-state index >= 15 is 0 Å². The lowest BCUT2D eigenvalue weighted by atomic mass is 9.85. The Bertz CT molecular complexity index is 1450. The van der Waals surface area contributed by atoms with E-state index in [4.69, 9.17) is 4.74 Å². The van der Waals surface area contributed by atoms with Crippen LogP contribution in [0, 0.1) is 27.7 Å². The number of hydrazone groups is 1. The number of aliphatic hydroxyl groups is 1. The van der Waals surface area contributed by atoms with Crippen molar-refractivity contribution in [2.75, 3.05) is 6.61 Å². The van der Waals surface area contributed by atoms with Gasteiger partial charge in [-0.2, -0.15) is 5.10 Å². The first-order valence-corrected chi connectivity index (χ1v) is 13.1. The highest BCUT2D eigenvalue weighted by molar-refractivity contribution is 7.15. The molecule has 0 saturated carbocycles. The Hall–Kier alpha value is -4.01. The second-order valence-corrected chi connectivity index (χ2v) is 10.2. The zero-order valence-corrected chi connectivity index (χ0v) is 22.9. The molecule has 7 nitrogen and oxygen atoms in total. The number of rotatable bonds is 8.